The van der Waals surface area contributed by atoms with E-state index in [9.17, 15) is 45.5 Å². The molecule has 4 aliphatic heterocycles. The fraction of sp³-hybridized carbons (Fsp3) is 0.731. The Morgan fingerprint density at radius 2 is 0.957 bits per heavy atom. The number of amides is 2. The summed E-state index contributed by atoms with van der Waals surface area (Å²) in [5.41, 5.74) is -0.288. The molecule has 12 nitrogen and oxygen atoms in total. The van der Waals surface area contributed by atoms with Crippen LogP contribution in [0.2, 0.25) is 0 Å². The summed E-state index contributed by atoms with van der Waals surface area (Å²) in [7, 11) is 0. The third-order valence-corrected chi connectivity index (χ3v) is 16.7. The minimum atomic E-state index is -4.45. The Kier molecular flexibility index (Phi) is 16.7. The SMILES string of the molecule is CCOC(=O)C1CCN([C@@H]2CC[C@@](C(=O)N3CCc4ncc(C(F)(F)F)cc4C3)(C(C)C)C2)CC1.CCOC(=O)C1CCN([C@H]2CC[C@@](C(=O)N3CCc4ncc(C(F)(F)F)cc4C3)(C(C)C)C2)CC1. The van der Waals surface area contributed by atoms with Gasteiger partial charge in [0, 0.05) is 74.9 Å². The lowest BCUT2D eigenvalue weighted by Crippen LogP contribution is -2.49. The summed E-state index contributed by atoms with van der Waals surface area (Å²) < 4.78 is 89.6. The molecule has 6 aliphatic rings. The average molecular weight is 991 g/mol. The highest BCUT2D eigenvalue weighted by molar-refractivity contribution is 5.84. The highest BCUT2D eigenvalue weighted by Gasteiger charge is 2.53. The first-order valence-electron chi connectivity index (χ1n) is 25.6. The van der Waals surface area contributed by atoms with Crippen LogP contribution in [0.15, 0.2) is 24.5 Å². The molecule has 2 amide bonds. The molecule has 2 saturated carbocycles. The van der Waals surface area contributed by atoms with E-state index >= 15 is 0 Å². The zero-order valence-electron chi connectivity index (χ0n) is 41.7. The Bertz CT molecular complexity index is 2040. The van der Waals surface area contributed by atoms with Crippen molar-refractivity contribution in [1.29, 1.82) is 0 Å². The number of nitrogens with zero attached hydrogens (tertiary/aromatic N) is 6. The smallest absolute Gasteiger partial charge is 0.417 e. The van der Waals surface area contributed by atoms with E-state index in [0.717, 1.165) is 115 Å². The van der Waals surface area contributed by atoms with Gasteiger partial charge in [0.2, 0.25) is 11.8 Å². The summed E-state index contributed by atoms with van der Waals surface area (Å²) in [5.74, 6) is 0.0354. The van der Waals surface area contributed by atoms with Gasteiger partial charge in [0.05, 0.1) is 47.0 Å². The fourth-order valence-electron chi connectivity index (χ4n) is 12.3. The van der Waals surface area contributed by atoms with Crippen LogP contribution in [-0.2, 0) is 66.9 Å². The van der Waals surface area contributed by atoms with Crippen LogP contribution in [-0.4, -0.2) is 118 Å². The summed E-state index contributed by atoms with van der Waals surface area (Å²) in [5, 5.41) is 0. The quantitative estimate of drug-likeness (QED) is 0.168. The van der Waals surface area contributed by atoms with Gasteiger partial charge >= 0.3 is 24.3 Å². The molecule has 4 fully saturated rings. The monoisotopic (exact) mass is 991 g/mol. The third-order valence-electron chi connectivity index (χ3n) is 16.7. The minimum absolute atomic E-state index is 0.0484. The Labute approximate surface area is 408 Å². The van der Waals surface area contributed by atoms with Crippen LogP contribution in [0.5, 0.6) is 0 Å². The summed E-state index contributed by atoms with van der Waals surface area (Å²) in [6, 6.07) is 2.85. The average Bonchev–Trinajstić information content (AvgIpc) is 4.01. The van der Waals surface area contributed by atoms with Gasteiger partial charge in [0.25, 0.3) is 0 Å². The zero-order valence-corrected chi connectivity index (χ0v) is 41.7. The number of likely N-dealkylation sites (tertiary alicyclic amines) is 2. The van der Waals surface area contributed by atoms with Crippen LogP contribution < -0.4 is 0 Å². The maximum absolute atomic E-state index is 13.9. The maximum Gasteiger partial charge on any atom is 0.417 e. The predicted octanol–water partition coefficient (Wildman–Crippen LogP) is 8.91. The van der Waals surface area contributed by atoms with E-state index in [-0.39, 0.29) is 72.6 Å². The van der Waals surface area contributed by atoms with Crippen LogP contribution in [0, 0.1) is 34.5 Å². The van der Waals surface area contributed by atoms with Gasteiger partial charge in [-0.3, -0.25) is 29.1 Å². The summed E-state index contributed by atoms with van der Waals surface area (Å²) in [4.78, 5) is 68.4. The molecule has 0 spiro atoms. The number of ether oxygens (including phenoxy) is 2. The topological polar surface area (TPSA) is 125 Å². The minimum Gasteiger partial charge on any atom is -0.466 e. The van der Waals surface area contributed by atoms with Crippen molar-refractivity contribution in [2.45, 2.75) is 156 Å². The van der Waals surface area contributed by atoms with Crippen molar-refractivity contribution in [2.24, 2.45) is 34.5 Å². The molecule has 2 aromatic heterocycles. The lowest BCUT2D eigenvalue weighted by molar-refractivity contribution is -0.150. The second-order valence-corrected chi connectivity index (χ2v) is 21.1. The molecule has 0 radical (unpaired) electrons. The lowest BCUT2D eigenvalue weighted by Gasteiger charge is -2.41. The molecule has 0 aromatic carbocycles. The predicted molar refractivity (Wildman–Crippen MR) is 248 cm³/mol. The van der Waals surface area contributed by atoms with Crippen LogP contribution in [0.3, 0.4) is 0 Å². The van der Waals surface area contributed by atoms with E-state index in [0.29, 0.717) is 61.7 Å². The molecule has 2 aliphatic carbocycles. The normalized spacial score (nSPS) is 26.1. The van der Waals surface area contributed by atoms with Gasteiger partial charge in [-0.2, -0.15) is 26.3 Å². The second-order valence-electron chi connectivity index (χ2n) is 21.1. The molecule has 18 heteroatoms. The molecule has 4 atom stereocenters. The molecular formula is C52H72F6N6O6. The number of aromatic nitrogens is 2. The van der Waals surface area contributed by atoms with Crippen molar-refractivity contribution in [2.75, 3.05) is 52.5 Å². The van der Waals surface area contributed by atoms with Gasteiger partial charge in [-0.25, -0.2) is 0 Å². The molecule has 0 unspecified atom stereocenters. The highest BCUT2D eigenvalue weighted by atomic mass is 19.4. The van der Waals surface area contributed by atoms with Crippen molar-refractivity contribution in [3.05, 3.63) is 58.2 Å². The summed E-state index contributed by atoms with van der Waals surface area (Å²) in [6.45, 7) is 17.3. The Morgan fingerprint density at radius 3 is 1.27 bits per heavy atom. The highest BCUT2D eigenvalue weighted by Crippen LogP contribution is 2.50. The van der Waals surface area contributed by atoms with Gasteiger partial charge in [0.1, 0.15) is 0 Å². The van der Waals surface area contributed by atoms with Gasteiger partial charge in [0.15, 0.2) is 0 Å². The largest absolute Gasteiger partial charge is 0.466 e. The number of hydrogen-bond donors (Lipinski definition) is 0. The molecule has 70 heavy (non-hydrogen) atoms. The van der Waals surface area contributed by atoms with Crippen LogP contribution in [0.25, 0.3) is 0 Å². The van der Waals surface area contributed by atoms with Crippen molar-refractivity contribution in [3.8, 4) is 0 Å². The number of pyridine rings is 2. The zero-order chi connectivity index (χ0) is 50.8. The maximum atomic E-state index is 13.9. The van der Waals surface area contributed by atoms with E-state index in [4.69, 9.17) is 9.47 Å². The Morgan fingerprint density at radius 1 is 0.600 bits per heavy atom. The number of rotatable bonds is 10. The van der Waals surface area contributed by atoms with Crippen molar-refractivity contribution in [1.82, 2.24) is 29.6 Å². The molecule has 388 valence electrons. The van der Waals surface area contributed by atoms with Crippen LogP contribution in [0.4, 0.5) is 26.3 Å². The number of alkyl halides is 6. The first-order valence-corrected chi connectivity index (χ1v) is 25.6. The fourth-order valence-corrected chi connectivity index (χ4v) is 12.3. The molecular weight excluding hydrogens is 919 g/mol. The Hall–Kier alpha value is -4.32. The van der Waals surface area contributed by atoms with Gasteiger partial charge in [-0.15, -0.1) is 0 Å². The van der Waals surface area contributed by atoms with E-state index in [2.05, 4.69) is 47.5 Å². The van der Waals surface area contributed by atoms with Crippen molar-refractivity contribution < 1.29 is 55.0 Å². The molecule has 0 bridgehead atoms. The van der Waals surface area contributed by atoms with E-state index in [1.54, 1.807) is 9.80 Å². The van der Waals surface area contributed by atoms with Crippen molar-refractivity contribution >= 4 is 23.8 Å². The van der Waals surface area contributed by atoms with Crippen LogP contribution in [0.1, 0.15) is 139 Å². The van der Waals surface area contributed by atoms with E-state index in [1.807, 2.05) is 13.8 Å². The van der Waals surface area contributed by atoms with Gasteiger partial charge in [-0.1, -0.05) is 27.7 Å². The number of esters is 2. The van der Waals surface area contributed by atoms with E-state index < -0.39 is 34.3 Å². The summed E-state index contributed by atoms with van der Waals surface area (Å²) in [6.07, 6.45) is 1.78. The van der Waals surface area contributed by atoms with Gasteiger partial charge in [-0.05, 0) is 139 Å². The molecule has 2 saturated heterocycles. The second kappa shape index (κ2) is 21.8. The van der Waals surface area contributed by atoms with Crippen LogP contribution >= 0.6 is 0 Å². The lowest BCUT2D eigenvalue weighted by atomic mass is 9.73. The molecule has 8 rings (SSSR count). The standard InChI is InChI=1S/2C26H36F3N3O3/c2*1-4-35-23(33)18-6-10-31(11-7-18)21-5-9-25(14-21,17(2)3)24(34)32-12-8-22-19(16-32)13-20(15-30-22)26(27,28)29/h2*13,15,17-18,21H,4-12,14,16H2,1-3H3/t21-,25+;21-,25-/m10/s1. The number of fused-ring (bicyclic) bond motifs is 2. The third kappa shape index (κ3) is 11.5. The summed E-state index contributed by atoms with van der Waals surface area (Å²) >= 11 is 0. The first kappa shape index (κ1) is 53.5. The number of hydrogen-bond acceptors (Lipinski definition) is 10. The number of halogens is 6. The number of carbonyl (C=O) groups is 4. The number of carbonyl (C=O) groups excluding carboxylic acids is 4. The van der Waals surface area contributed by atoms with Gasteiger partial charge < -0.3 is 29.1 Å². The Balaban J connectivity index is 0.000000206. The molecule has 2 aromatic rings. The molecule has 0 N–H and O–H groups in total. The molecule has 6 heterocycles. The number of piperidine rings is 2. The van der Waals surface area contributed by atoms with Crippen molar-refractivity contribution in [3.63, 3.8) is 0 Å². The first-order chi connectivity index (χ1) is 33.1. The van der Waals surface area contributed by atoms with E-state index in [1.165, 1.54) is 0 Å².